The molecule has 1 aromatic carbocycles. The van der Waals surface area contributed by atoms with E-state index in [0.29, 0.717) is 18.0 Å². The van der Waals surface area contributed by atoms with Gasteiger partial charge in [0, 0.05) is 11.7 Å². The SMILES string of the molecule is Cc1cccc2cc(Cn3nc(I)c4c(N)ncnc43)n(C3CCCC3)c(=O)c12. The van der Waals surface area contributed by atoms with E-state index in [1.165, 1.54) is 6.33 Å². The molecule has 3 aromatic heterocycles. The zero-order chi connectivity index (χ0) is 20.1. The maximum atomic E-state index is 13.6. The second-order valence-electron chi connectivity index (χ2n) is 7.69. The molecule has 0 radical (unpaired) electrons. The molecule has 5 rings (SSSR count). The molecule has 1 saturated carbocycles. The minimum absolute atomic E-state index is 0.0998. The molecule has 1 aliphatic rings. The lowest BCUT2D eigenvalue weighted by Crippen LogP contribution is -2.28. The highest BCUT2D eigenvalue weighted by atomic mass is 127. The lowest BCUT2D eigenvalue weighted by atomic mass is 10.0. The summed E-state index contributed by atoms with van der Waals surface area (Å²) in [5.74, 6) is 0.424. The highest BCUT2D eigenvalue weighted by Crippen LogP contribution is 2.31. The van der Waals surface area contributed by atoms with Gasteiger partial charge in [-0.3, -0.25) is 4.79 Å². The van der Waals surface area contributed by atoms with Crippen LogP contribution in [0.1, 0.15) is 43.0 Å². The number of nitrogens with zero attached hydrogens (tertiary/aromatic N) is 5. The highest BCUT2D eigenvalue weighted by Gasteiger charge is 2.23. The van der Waals surface area contributed by atoms with Gasteiger partial charge in [0.05, 0.1) is 17.3 Å². The quantitative estimate of drug-likeness (QED) is 0.433. The molecule has 0 saturated heterocycles. The van der Waals surface area contributed by atoms with Gasteiger partial charge >= 0.3 is 0 Å². The molecule has 4 aromatic rings. The van der Waals surface area contributed by atoms with E-state index in [4.69, 9.17) is 5.73 Å². The average molecular weight is 500 g/mol. The first-order valence-electron chi connectivity index (χ1n) is 9.81. The topological polar surface area (TPSA) is 91.6 Å². The molecule has 7 nitrogen and oxygen atoms in total. The largest absolute Gasteiger partial charge is 0.383 e. The number of pyridine rings is 1. The number of benzene rings is 1. The number of halogens is 1. The summed E-state index contributed by atoms with van der Waals surface area (Å²) >= 11 is 2.16. The first-order chi connectivity index (χ1) is 14.0. The van der Waals surface area contributed by atoms with E-state index >= 15 is 0 Å². The van der Waals surface area contributed by atoms with E-state index in [2.05, 4.69) is 43.7 Å². The summed E-state index contributed by atoms with van der Waals surface area (Å²) in [4.78, 5) is 22.0. The molecule has 0 spiro atoms. The molecule has 29 heavy (non-hydrogen) atoms. The van der Waals surface area contributed by atoms with Gasteiger partial charge in [-0.05, 0) is 59.4 Å². The third kappa shape index (κ3) is 3.00. The van der Waals surface area contributed by atoms with Crippen LogP contribution in [0.15, 0.2) is 35.4 Å². The number of hydrogen-bond acceptors (Lipinski definition) is 5. The molecule has 0 bridgehead atoms. The Labute approximate surface area is 181 Å². The van der Waals surface area contributed by atoms with Crippen LogP contribution in [0.3, 0.4) is 0 Å². The third-order valence-corrected chi connectivity index (χ3v) is 6.64. The Morgan fingerprint density at radius 2 is 2.00 bits per heavy atom. The zero-order valence-electron chi connectivity index (χ0n) is 16.1. The fourth-order valence-corrected chi connectivity index (χ4v) is 5.32. The first kappa shape index (κ1) is 18.5. The molecule has 2 N–H and O–H groups in total. The van der Waals surface area contributed by atoms with Crippen molar-refractivity contribution in [1.82, 2.24) is 24.3 Å². The number of aryl methyl sites for hydroxylation is 1. The minimum Gasteiger partial charge on any atom is -0.383 e. The van der Waals surface area contributed by atoms with Crippen LogP contribution < -0.4 is 11.3 Å². The molecule has 148 valence electrons. The summed E-state index contributed by atoms with van der Waals surface area (Å²) < 4.78 is 4.60. The summed E-state index contributed by atoms with van der Waals surface area (Å²) in [6.07, 6.45) is 5.86. The van der Waals surface area contributed by atoms with Gasteiger partial charge in [-0.1, -0.05) is 31.0 Å². The van der Waals surface area contributed by atoms with Gasteiger partial charge in [0.25, 0.3) is 5.56 Å². The molecular formula is C21H21IN6O. The molecule has 1 aliphatic carbocycles. The number of nitrogens with two attached hydrogens (primary N) is 1. The van der Waals surface area contributed by atoms with Gasteiger partial charge in [0.2, 0.25) is 0 Å². The van der Waals surface area contributed by atoms with Crippen LogP contribution in [0.2, 0.25) is 0 Å². The second-order valence-corrected chi connectivity index (χ2v) is 8.72. The van der Waals surface area contributed by atoms with Gasteiger partial charge in [-0.2, -0.15) is 5.10 Å². The summed E-state index contributed by atoms with van der Waals surface area (Å²) in [5, 5.41) is 7.20. The normalized spacial score (nSPS) is 15.0. The van der Waals surface area contributed by atoms with Crippen LogP contribution >= 0.6 is 22.6 Å². The van der Waals surface area contributed by atoms with Crippen molar-refractivity contribution in [1.29, 1.82) is 0 Å². The van der Waals surface area contributed by atoms with Crippen molar-refractivity contribution in [3.63, 3.8) is 0 Å². The van der Waals surface area contributed by atoms with E-state index in [0.717, 1.165) is 56.8 Å². The number of rotatable bonds is 3. The van der Waals surface area contributed by atoms with E-state index in [-0.39, 0.29) is 11.6 Å². The van der Waals surface area contributed by atoms with Crippen LogP contribution in [-0.2, 0) is 6.54 Å². The Morgan fingerprint density at radius 3 is 2.79 bits per heavy atom. The van der Waals surface area contributed by atoms with Crippen molar-refractivity contribution < 1.29 is 0 Å². The van der Waals surface area contributed by atoms with Crippen molar-refractivity contribution in [2.45, 2.75) is 45.2 Å². The lowest BCUT2D eigenvalue weighted by Gasteiger charge is -2.21. The smallest absolute Gasteiger partial charge is 0.259 e. The predicted octanol–water partition coefficient (Wildman–Crippen LogP) is 3.80. The standard InChI is InChI=1S/C21H21IN6O/c1-12-5-4-6-13-9-15(28(21(29)16(12)13)14-7-2-3-8-14)10-27-20-17(18(22)26-27)19(23)24-11-25-20/h4-6,9,11,14H,2-3,7-8,10H2,1H3,(H2,23,24,25). The maximum absolute atomic E-state index is 13.6. The number of fused-ring (bicyclic) bond motifs is 2. The van der Waals surface area contributed by atoms with Crippen LogP contribution in [0.5, 0.6) is 0 Å². The molecular weight excluding hydrogens is 479 g/mol. The van der Waals surface area contributed by atoms with Crippen LogP contribution in [0.25, 0.3) is 21.8 Å². The highest BCUT2D eigenvalue weighted by molar-refractivity contribution is 14.1. The van der Waals surface area contributed by atoms with Crippen molar-refractivity contribution in [2.75, 3.05) is 5.73 Å². The molecule has 0 atom stereocenters. The number of anilines is 1. The Morgan fingerprint density at radius 1 is 1.21 bits per heavy atom. The van der Waals surface area contributed by atoms with E-state index in [1.54, 1.807) is 0 Å². The van der Waals surface area contributed by atoms with Gasteiger partial charge in [-0.25, -0.2) is 14.6 Å². The van der Waals surface area contributed by atoms with Crippen LogP contribution in [0, 0.1) is 10.6 Å². The van der Waals surface area contributed by atoms with Crippen LogP contribution in [-0.4, -0.2) is 24.3 Å². The predicted molar refractivity (Wildman–Crippen MR) is 122 cm³/mol. The Kier molecular flexibility index (Phi) is 4.53. The first-order valence-corrected chi connectivity index (χ1v) is 10.9. The second kappa shape index (κ2) is 7.08. The summed E-state index contributed by atoms with van der Waals surface area (Å²) in [7, 11) is 0. The lowest BCUT2D eigenvalue weighted by molar-refractivity contribution is 0.475. The fourth-order valence-electron chi connectivity index (χ4n) is 4.54. The molecule has 1 fully saturated rings. The third-order valence-electron chi connectivity index (χ3n) is 5.89. The molecule has 0 amide bonds. The summed E-state index contributed by atoms with van der Waals surface area (Å²) in [6.45, 7) is 2.47. The van der Waals surface area contributed by atoms with E-state index < -0.39 is 0 Å². The molecule has 3 heterocycles. The van der Waals surface area contributed by atoms with Crippen LogP contribution in [0.4, 0.5) is 5.82 Å². The molecule has 0 aliphatic heterocycles. The number of aromatic nitrogens is 5. The van der Waals surface area contributed by atoms with Gasteiger partial charge in [0.15, 0.2) is 5.65 Å². The van der Waals surface area contributed by atoms with Crippen molar-refractivity contribution in [2.24, 2.45) is 0 Å². The Balaban J connectivity index is 1.74. The van der Waals surface area contributed by atoms with Gasteiger partial charge in [0.1, 0.15) is 15.8 Å². The monoisotopic (exact) mass is 500 g/mol. The van der Waals surface area contributed by atoms with Gasteiger partial charge in [-0.15, -0.1) is 0 Å². The van der Waals surface area contributed by atoms with Gasteiger partial charge < -0.3 is 10.3 Å². The number of nitrogen functional groups attached to an aromatic ring is 1. The summed E-state index contributed by atoms with van der Waals surface area (Å²) in [5.41, 5.74) is 8.81. The maximum Gasteiger partial charge on any atom is 0.259 e. The average Bonchev–Trinajstić information content (AvgIpc) is 3.31. The minimum atomic E-state index is 0.0998. The van der Waals surface area contributed by atoms with Crippen molar-refractivity contribution in [3.05, 3.63) is 55.9 Å². The Hall–Kier alpha value is -2.49. The summed E-state index contributed by atoms with van der Waals surface area (Å²) in [6, 6.07) is 8.39. The van der Waals surface area contributed by atoms with E-state index in [1.807, 2.05) is 34.4 Å². The zero-order valence-corrected chi connectivity index (χ0v) is 18.3. The molecule has 8 heteroatoms. The Bertz CT molecular complexity index is 1300. The fraction of sp³-hybridized carbons (Fsp3) is 0.333. The van der Waals surface area contributed by atoms with E-state index in [9.17, 15) is 4.79 Å². The molecule has 0 unspecified atom stereocenters. The van der Waals surface area contributed by atoms with Crippen molar-refractivity contribution >= 4 is 50.2 Å². The van der Waals surface area contributed by atoms with Crippen molar-refractivity contribution in [3.8, 4) is 0 Å². The number of hydrogen-bond donors (Lipinski definition) is 1.